The summed E-state index contributed by atoms with van der Waals surface area (Å²) in [5.41, 5.74) is 0. The summed E-state index contributed by atoms with van der Waals surface area (Å²) < 4.78 is 4.94. The third-order valence-electron chi connectivity index (χ3n) is 2.48. The van der Waals surface area contributed by atoms with E-state index in [1.165, 1.54) is 30.4 Å². The van der Waals surface area contributed by atoms with Crippen LogP contribution in [0.4, 0.5) is 0 Å². The Bertz CT molecular complexity index is 495. The maximum Gasteiger partial charge on any atom is 0.323 e. The van der Waals surface area contributed by atoms with E-state index < -0.39 is 24.3 Å². The van der Waals surface area contributed by atoms with E-state index in [0.29, 0.717) is 0 Å². The predicted octanol–water partition coefficient (Wildman–Crippen LogP) is 0.451. The van der Waals surface area contributed by atoms with Crippen LogP contribution in [-0.4, -0.2) is 59.4 Å². The Kier molecular flexibility index (Phi) is 5.52. The van der Waals surface area contributed by atoms with E-state index in [1.807, 2.05) is 0 Å². The van der Waals surface area contributed by atoms with Crippen LogP contribution in [0.2, 0.25) is 0 Å². The molecule has 0 fully saturated rings. The van der Waals surface area contributed by atoms with E-state index in [4.69, 9.17) is 9.52 Å². The Morgan fingerprint density at radius 2 is 2.10 bits per heavy atom. The second kappa shape index (κ2) is 7.13. The summed E-state index contributed by atoms with van der Waals surface area (Å²) in [6.07, 6.45) is 2.78. The first kappa shape index (κ1) is 15.5. The van der Waals surface area contributed by atoms with Crippen LogP contribution in [0, 0.1) is 0 Å². The molecule has 0 radical (unpaired) electrons. The number of amides is 2. The average molecular weight is 280 g/mol. The van der Waals surface area contributed by atoms with Gasteiger partial charge in [-0.15, -0.1) is 6.58 Å². The van der Waals surface area contributed by atoms with E-state index in [9.17, 15) is 14.4 Å². The number of aliphatic carboxylic acids is 1. The van der Waals surface area contributed by atoms with E-state index in [0.717, 1.165) is 4.90 Å². The second-order valence-electron chi connectivity index (χ2n) is 4.10. The molecule has 0 spiro atoms. The number of carboxylic acid groups (broad SMARTS) is 1. The van der Waals surface area contributed by atoms with E-state index in [-0.39, 0.29) is 18.8 Å². The third kappa shape index (κ3) is 4.27. The molecule has 0 unspecified atom stereocenters. The summed E-state index contributed by atoms with van der Waals surface area (Å²) in [7, 11) is 1.44. The molecule has 0 aliphatic rings. The summed E-state index contributed by atoms with van der Waals surface area (Å²) in [4.78, 5) is 36.7. The van der Waals surface area contributed by atoms with Gasteiger partial charge in [-0.25, -0.2) is 0 Å². The molecule has 1 aromatic heterocycles. The molecule has 1 N–H and O–H groups in total. The molecular weight excluding hydrogens is 264 g/mol. The smallest absolute Gasteiger partial charge is 0.323 e. The van der Waals surface area contributed by atoms with Crippen molar-refractivity contribution in [1.82, 2.24) is 9.80 Å². The van der Waals surface area contributed by atoms with Gasteiger partial charge in [0.1, 0.15) is 6.54 Å². The lowest BCUT2D eigenvalue weighted by Gasteiger charge is -2.22. The SMILES string of the molecule is C=CCN(CC(=O)O)C(=O)CN(C)C(=O)c1ccco1. The molecular formula is C13H16N2O5. The van der Waals surface area contributed by atoms with Gasteiger partial charge < -0.3 is 19.3 Å². The monoisotopic (exact) mass is 280 g/mol. The highest BCUT2D eigenvalue weighted by molar-refractivity contribution is 5.94. The van der Waals surface area contributed by atoms with Gasteiger partial charge in [0, 0.05) is 13.6 Å². The number of likely N-dealkylation sites (N-methyl/N-ethyl adjacent to an activating group) is 1. The lowest BCUT2D eigenvalue weighted by atomic mass is 10.3. The van der Waals surface area contributed by atoms with Crippen LogP contribution in [0.25, 0.3) is 0 Å². The number of nitrogens with zero attached hydrogens (tertiary/aromatic N) is 2. The highest BCUT2D eigenvalue weighted by Gasteiger charge is 2.21. The Hall–Kier alpha value is -2.57. The number of carbonyl (C=O) groups is 3. The number of carboxylic acids is 1. The summed E-state index contributed by atoms with van der Waals surface area (Å²) in [5, 5.41) is 8.73. The van der Waals surface area contributed by atoms with Gasteiger partial charge in [-0.1, -0.05) is 6.08 Å². The molecule has 1 heterocycles. The molecule has 0 aromatic carbocycles. The Balaban J connectivity index is 2.64. The van der Waals surface area contributed by atoms with Crippen LogP contribution in [0.15, 0.2) is 35.5 Å². The Labute approximate surface area is 116 Å². The van der Waals surface area contributed by atoms with Crippen LogP contribution in [-0.2, 0) is 9.59 Å². The third-order valence-corrected chi connectivity index (χ3v) is 2.48. The molecule has 0 saturated heterocycles. The summed E-state index contributed by atoms with van der Waals surface area (Å²) >= 11 is 0. The molecule has 0 atom stereocenters. The van der Waals surface area contributed by atoms with Crippen molar-refractivity contribution in [2.75, 3.05) is 26.7 Å². The zero-order valence-corrected chi connectivity index (χ0v) is 11.1. The van der Waals surface area contributed by atoms with Gasteiger partial charge in [-0.2, -0.15) is 0 Å². The van der Waals surface area contributed by atoms with Crippen LogP contribution in [0.1, 0.15) is 10.6 Å². The van der Waals surface area contributed by atoms with E-state index in [1.54, 1.807) is 6.07 Å². The van der Waals surface area contributed by atoms with E-state index in [2.05, 4.69) is 6.58 Å². The molecule has 0 saturated carbocycles. The first-order valence-electron chi connectivity index (χ1n) is 5.85. The molecule has 7 nitrogen and oxygen atoms in total. The van der Waals surface area contributed by atoms with Crippen LogP contribution < -0.4 is 0 Å². The fourth-order valence-electron chi connectivity index (χ4n) is 1.54. The second-order valence-corrected chi connectivity index (χ2v) is 4.10. The Morgan fingerprint density at radius 1 is 1.40 bits per heavy atom. The lowest BCUT2D eigenvalue weighted by molar-refractivity contribution is -0.144. The largest absolute Gasteiger partial charge is 0.480 e. The van der Waals surface area contributed by atoms with Crippen molar-refractivity contribution in [3.63, 3.8) is 0 Å². The highest BCUT2D eigenvalue weighted by atomic mass is 16.4. The van der Waals surface area contributed by atoms with Gasteiger partial charge in [0.05, 0.1) is 12.8 Å². The molecule has 20 heavy (non-hydrogen) atoms. The minimum atomic E-state index is -1.12. The molecule has 1 rings (SSSR count). The van der Waals surface area contributed by atoms with Gasteiger partial charge in [-0.05, 0) is 12.1 Å². The molecule has 2 amide bonds. The standard InChI is InChI=1S/C13H16N2O5/c1-3-6-15(9-12(17)18)11(16)8-14(2)13(19)10-5-4-7-20-10/h3-5,7H,1,6,8-9H2,2H3,(H,17,18). The number of hydrogen-bond acceptors (Lipinski definition) is 4. The van der Waals surface area contributed by atoms with Crippen molar-refractivity contribution in [1.29, 1.82) is 0 Å². The fraction of sp³-hybridized carbons (Fsp3) is 0.308. The summed E-state index contributed by atoms with van der Waals surface area (Å²) in [6, 6.07) is 3.05. The topological polar surface area (TPSA) is 91.1 Å². The van der Waals surface area contributed by atoms with Crippen molar-refractivity contribution in [2.24, 2.45) is 0 Å². The van der Waals surface area contributed by atoms with Crippen molar-refractivity contribution < 1.29 is 23.9 Å². The van der Waals surface area contributed by atoms with Crippen molar-refractivity contribution in [2.45, 2.75) is 0 Å². The van der Waals surface area contributed by atoms with Gasteiger partial charge in [0.2, 0.25) is 5.91 Å². The van der Waals surface area contributed by atoms with Crippen molar-refractivity contribution in [3.05, 3.63) is 36.8 Å². The number of hydrogen-bond donors (Lipinski definition) is 1. The number of furan rings is 1. The first-order valence-corrected chi connectivity index (χ1v) is 5.85. The van der Waals surface area contributed by atoms with Crippen LogP contribution in [0.5, 0.6) is 0 Å². The highest BCUT2D eigenvalue weighted by Crippen LogP contribution is 2.04. The molecule has 7 heteroatoms. The van der Waals surface area contributed by atoms with Crippen LogP contribution in [0.3, 0.4) is 0 Å². The number of carbonyl (C=O) groups excluding carboxylic acids is 2. The maximum absolute atomic E-state index is 11.9. The molecule has 0 aliphatic heterocycles. The van der Waals surface area contributed by atoms with Crippen LogP contribution >= 0.6 is 0 Å². The predicted molar refractivity (Wildman–Crippen MR) is 70.1 cm³/mol. The van der Waals surface area contributed by atoms with Gasteiger partial charge in [0.25, 0.3) is 5.91 Å². The first-order chi connectivity index (χ1) is 9.45. The van der Waals surface area contributed by atoms with Gasteiger partial charge >= 0.3 is 5.97 Å². The number of rotatable bonds is 7. The molecule has 0 aliphatic carbocycles. The minimum absolute atomic E-state index is 0.105. The van der Waals surface area contributed by atoms with Gasteiger partial charge in [0.15, 0.2) is 5.76 Å². The zero-order valence-electron chi connectivity index (χ0n) is 11.1. The summed E-state index contributed by atoms with van der Waals surface area (Å²) in [5.74, 6) is -1.93. The summed E-state index contributed by atoms with van der Waals surface area (Å²) in [6.45, 7) is 2.90. The van der Waals surface area contributed by atoms with Crippen molar-refractivity contribution in [3.8, 4) is 0 Å². The van der Waals surface area contributed by atoms with Gasteiger partial charge in [-0.3, -0.25) is 14.4 Å². The molecule has 0 bridgehead atoms. The van der Waals surface area contributed by atoms with E-state index >= 15 is 0 Å². The Morgan fingerprint density at radius 3 is 2.60 bits per heavy atom. The quantitative estimate of drug-likeness (QED) is 0.732. The zero-order chi connectivity index (χ0) is 15.1. The van der Waals surface area contributed by atoms with Crippen molar-refractivity contribution >= 4 is 17.8 Å². The maximum atomic E-state index is 11.9. The fourth-order valence-corrected chi connectivity index (χ4v) is 1.54. The molecule has 108 valence electrons. The average Bonchev–Trinajstić information content (AvgIpc) is 2.90. The molecule has 1 aromatic rings. The lowest BCUT2D eigenvalue weighted by Crippen LogP contribution is -2.43. The minimum Gasteiger partial charge on any atom is -0.480 e. The normalized spacial score (nSPS) is 9.85.